The summed E-state index contributed by atoms with van der Waals surface area (Å²) in [5, 5.41) is 8.99. The van der Waals surface area contributed by atoms with Crippen LogP contribution in [-0.2, 0) is 11.3 Å². The van der Waals surface area contributed by atoms with E-state index in [1.165, 1.54) is 0 Å². The van der Waals surface area contributed by atoms with E-state index in [1.807, 2.05) is 0 Å². The molecule has 1 rings (SSSR count). The average molecular weight is 347 g/mol. The van der Waals surface area contributed by atoms with Crippen LogP contribution >= 0.6 is 22.6 Å². The molecule has 0 saturated heterocycles. The summed E-state index contributed by atoms with van der Waals surface area (Å²) in [5.74, 6) is -0.334. The minimum Gasteiger partial charge on any atom is -0.462 e. The fourth-order valence-corrected chi connectivity index (χ4v) is 1.84. The zero-order valence-corrected chi connectivity index (χ0v) is 11.9. The highest BCUT2D eigenvalue weighted by Gasteiger charge is 2.11. The molecular weight excluding hydrogens is 335 g/mol. The van der Waals surface area contributed by atoms with Crippen LogP contribution in [0, 0.1) is 3.57 Å². The van der Waals surface area contributed by atoms with Crippen molar-refractivity contribution < 1.29 is 14.6 Å². The highest BCUT2D eigenvalue weighted by atomic mass is 127. The Balaban J connectivity index is 2.73. The predicted octanol–water partition coefficient (Wildman–Crippen LogP) is 1.92. The molecule has 0 fully saturated rings. The lowest BCUT2D eigenvalue weighted by molar-refractivity contribution is 0.0504. The van der Waals surface area contributed by atoms with E-state index in [-0.39, 0.29) is 12.6 Å². The molecule has 0 aliphatic rings. The molecule has 0 aliphatic heterocycles. The smallest absolute Gasteiger partial charge is 0.339 e. The standard InChI is InChI=1S/C11H12IO3Si/c12-10-3-2-8(7-13)6-9(10)11(14)15-4-1-5-16/h2-3,6,13H,1,4-5,7H2. The normalized spacial score (nSPS) is 10.2. The van der Waals surface area contributed by atoms with Gasteiger partial charge in [-0.25, -0.2) is 4.79 Å². The quantitative estimate of drug-likeness (QED) is 0.383. The van der Waals surface area contributed by atoms with Gasteiger partial charge in [-0.15, -0.1) is 0 Å². The summed E-state index contributed by atoms with van der Waals surface area (Å²) in [6, 6.07) is 6.06. The van der Waals surface area contributed by atoms with Crippen molar-refractivity contribution in [3.63, 3.8) is 0 Å². The van der Waals surface area contributed by atoms with Gasteiger partial charge in [0.2, 0.25) is 0 Å². The molecular formula is C11H12IO3Si. The predicted molar refractivity (Wildman–Crippen MR) is 70.5 cm³/mol. The molecule has 1 N–H and O–H groups in total. The van der Waals surface area contributed by atoms with Gasteiger partial charge in [-0.3, -0.25) is 0 Å². The largest absolute Gasteiger partial charge is 0.462 e. The summed E-state index contributed by atoms with van der Waals surface area (Å²) < 4.78 is 5.92. The van der Waals surface area contributed by atoms with Crippen LogP contribution in [0.2, 0.25) is 6.04 Å². The first-order valence-corrected chi connectivity index (χ1v) is 6.68. The first-order valence-electron chi connectivity index (χ1n) is 4.90. The maximum absolute atomic E-state index is 11.7. The second-order valence-corrected chi connectivity index (χ2v) is 4.87. The van der Waals surface area contributed by atoms with Gasteiger partial charge in [-0.1, -0.05) is 12.1 Å². The van der Waals surface area contributed by atoms with Gasteiger partial charge in [0.25, 0.3) is 0 Å². The van der Waals surface area contributed by atoms with Crippen molar-refractivity contribution in [2.24, 2.45) is 0 Å². The monoisotopic (exact) mass is 347 g/mol. The summed E-state index contributed by atoms with van der Waals surface area (Å²) >= 11 is 2.08. The molecule has 0 heterocycles. The van der Waals surface area contributed by atoms with Crippen molar-refractivity contribution in [1.29, 1.82) is 0 Å². The lowest BCUT2D eigenvalue weighted by Crippen LogP contribution is -2.08. The molecule has 0 spiro atoms. The first kappa shape index (κ1) is 13.7. The van der Waals surface area contributed by atoms with Crippen molar-refractivity contribution in [2.45, 2.75) is 19.1 Å². The van der Waals surface area contributed by atoms with Crippen LogP contribution in [0.3, 0.4) is 0 Å². The molecule has 0 atom stereocenters. The van der Waals surface area contributed by atoms with E-state index < -0.39 is 0 Å². The van der Waals surface area contributed by atoms with Gasteiger partial charge < -0.3 is 9.84 Å². The van der Waals surface area contributed by atoms with E-state index >= 15 is 0 Å². The van der Waals surface area contributed by atoms with Crippen LogP contribution in [0.25, 0.3) is 0 Å². The molecule has 0 aromatic heterocycles. The molecule has 1 aromatic rings. The number of hydrogen-bond donors (Lipinski definition) is 1. The Kier molecular flexibility index (Phi) is 6.00. The number of esters is 1. The van der Waals surface area contributed by atoms with Crippen LogP contribution < -0.4 is 0 Å². The average Bonchev–Trinajstić information content (AvgIpc) is 2.30. The molecule has 0 amide bonds. The Morgan fingerprint density at radius 2 is 2.25 bits per heavy atom. The highest BCUT2D eigenvalue weighted by Crippen LogP contribution is 2.16. The second-order valence-electron chi connectivity index (χ2n) is 3.21. The lowest BCUT2D eigenvalue weighted by Gasteiger charge is -2.07. The fourth-order valence-electron chi connectivity index (χ4n) is 1.14. The molecule has 3 radical (unpaired) electrons. The van der Waals surface area contributed by atoms with Crippen molar-refractivity contribution >= 4 is 38.8 Å². The van der Waals surface area contributed by atoms with Gasteiger partial charge in [-0.05, 0) is 46.7 Å². The summed E-state index contributed by atoms with van der Waals surface area (Å²) in [5.41, 5.74) is 1.23. The Labute approximate surface area is 112 Å². The van der Waals surface area contributed by atoms with E-state index in [1.54, 1.807) is 18.2 Å². The topological polar surface area (TPSA) is 46.5 Å². The number of ether oxygens (including phenoxy) is 1. The number of benzene rings is 1. The van der Waals surface area contributed by atoms with Gasteiger partial charge in [0, 0.05) is 13.8 Å². The van der Waals surface area contributed by atoms with E-state index in [2.05, 4.69) is 32.8 Å². The maximum atomic E-state index is 11.7. The summed E-state index contributed by atoms with van der Waals surface area (Å²) in [7, 11) is 3.31. The molecule has 0 bridgehead atoms. The van der Waals surface area contributed by atoms with Gasteiger partial charge in [0.15, 0.2) is 0 Å². The molecule has 85 valence electrons. The SMILES string of the molecule is O=C(OCCC[Si])c1cc(CO)ccc1I. The molecule has 16 heavy (non-hydrogen) atoms. The van der Waals surface area contributed by atoms with Crippen LogP contribution in [0.4, 0.5) is 0 Å². The number of rotatable bonds is 5. The number of aliphatic hydroxyl groups excluding tert-OH is 1. The second kappa shape index (κ2) is 7.03. The minimum absolute atomic E-state index is 0.0711. The van der Waals surface area contributed by atoms with E-state index in [0.717, 1.165) is 16.0 Å². The molecule has 0 saturated carbocycles. The van der Waals surface area contributed by atoms with E-state index in [9.17, 15) is 4.79 Å². The summed E-state index contributed by atoms with van der Waals surface area (Å²) in [4.78, 5) is 11.7. The zero-order chi connectivity index (χ0) is 12.0. The van der Waals surface area contributed by atoms with Crippen molar-refractivity contribution in [3.05, 3.63) is 32.9 Å². The zero-order valence-electron chi connectivity index (χ0n) is 8.70. The Bertz CT molecular complexity index is 368. The van der Waals surface area contributed by atoms with Gasteiger partial charge >= 0.3 is 5.97 Å². The third kappa shape index (κ3) is 3.87. The first-order chi connectivity index (χ1) is 7.69. The van der Waals surface area contributed by atoms with Crippen LogP contribution in [0.15, 0.2) is 18.2 Å². The number of carbonyl (C=O) groups is 1. The third-order valence-electron chi connectivity index (χ3n) is 1.99. The van der Waals surface area contributed by atoms with Crippen molar-refractivity contribution in [2.75, 3.05) is 6.61 Å². The third-order valence-corrected chi connectivity index (χ3v) is 3.28. The van der Waals surface area contributed by atoms with E-state index in [0.29, 0.717) is 17.7 Å². The molecule has 5 heteroatoms. The Hall–Kier alpha value is -0.403. The number of halogens is 1. The van der Waals surface area contributed by atoms with Gasteiger partial charge in [-0.2, -0.15) is 0 Å². The molecule has 3 nitrogen and oxygen atoms in total. The number of carbonyl (C=O) groups excluding carboxylic acids is 1. The van der Waals surface area contributed by atoms with Crippen molar-refractivity contribution in [3.8, 4) is 0 Å². The fraction of sp³-hybridized carbons (Fsp3) is 0.364. The molecule has 1 aromatic carbocycles. The number of hydrogen-bond acceptors (Lipinski definition) is 3. The van der Waals surface area contributed by atoms with Gasteiger partial charge in [0.1, 0.15) is 0 Å². The van der Waals surface area contributed by atoms with Crippen LogP contribution in [-0.4, -0.2) is 27.9 Å². The Morgan fingerprint density at radius 1 is 1.50 bits per heavy atom. The maximum Gasteiger partial charge on any atom is 0.339 e. The lowest BCUT2D eigenvalue weighted by atomic mass is 10.1. The highest BCUT2D eigenvalue weighted by molar-refractivity contribution is 14.1. The minimum atomic E-state index is -0.334. The summed E-state index contributed by atoms with van der Waals surface area (Å²) in [6.07, 6.45) is 0.791. The Morgan fingerprint density at radius 3 is 2.88 bits per heavy atom. The number of aliphatic hydroxyl groups is 1. The van der Waals surface area contributed by atoms with Gasteiger partial charge in [0.05, 0.1) is 18.8 Å². The molecule has 0 unspecified atom stereocenters. The molecule has 0 aliphatic carbocycles. The van der Waals surface area contributed by atoms with Crippen LogP contribution in [0.1, 0.15) is 22.3 Å². The van der Waals surface area contributed by atoms with Crippen LogP contribution in [0.5, 0.6) is 0 Å². The summed E-state index contributed by atoms with van der Waals surface area (Å²) in [6.45, 7) is 0.333. The van der Waals surface area contributed by atoms with Crippen molar-refractivity contribution in [1.82, 2.24) is 0 Å². The van der Waals surface area contributed by atoms with E-state index in [4.69, 9.17) is 9.84 Å².